The van der Waals surface area contributed by atoms with Gasteiger partial charge in [0.2, 0.25) is 0 Å². The van der Waals surface area contributed by atoms with E-state index in [2.05, 4.69) is 0 Å². The fraction of sp³-hybridized carbons (Fsp3) is 0.556. The number of hydrogen-bond acceptors (Lipinski definition) is 4. The summed E-state index contributed by atoms with van der Waals surface area (Å²) in [6.07, 6.45) is 2.08. The SMILES string of the molecule is CCOc1ccc(N2CCN(CC3CCCOC3)C(=O)C2=O)cc1. The summed E-state index contributed by atoms with van der Waals surface area (Å²) in [5.41, 5.74) is 0.734. The molecule has 24 heavy (non-hydrogen) atoms. The van der Waals surface area contributed by atoms with Crippen LogP contribution >= 0.6 is 0 Å². The lowest BCUT2D eigenvalue weighted by atomic mass is 10.0. The molecule has 2 aliphatic rings. The molecule has 0 radical (unpaired) electrons. The van der Waals surface area contributed by atoms with Crippen LogP contribution in [0.4, 0.5) is 5.69 Å². The molecule has 0 bridgehead atoms. The smallest absolute Gasteiger partial charge is 0.316 e. The topological polar surface area (TPSA) is 59.1 Å². The molecule has 6 heteroatoms. The number of ether oxygens (including phenoxy) is 2. The van der Waals surface area contributed by atoms with Crippen LogP contribution in [0.1, 0.15) is 19.8 Å². The maximum Gasteiger partial charge on any atom is 0.316 e. The molecule has 6 nitrogen and oxygen atoms in total. The van der Waals surface area contributed by atoms with E-state index in [1.165, 1.54) is 0 Å². The Labute approximate surface area is 142 Å². The Balaban J connectivity index is 1.62. The van der Waals surface area contributed by atoms with Gasteiger partial charge < -0.3 is 19.3 Å². The first-order valence-electron chi connectivity index (χ1n) is 8.60. The molecule has 1 atom stereocenters. The average Bonchev–Trinajstić information content (AvgIpc) is 2.61. The third-order valence-electron chi connectivity index (χ3n) is 4.50. The molecule has 2 aliphatic heterocycles. The summed E-state index contributed by atoms with van der Waals surface area (Å²) >= 11 is 0. The lowest BCUT2D eigenvalue weighted by Crippen LogP contribution is -2.55. The Morgan fingerprint density at radius 2 is 1.96 bits per heavy atom. The van der Waals surface area contributed by atoms with E-state index in [4.69, 9.17) is 9.47 Å². The standard InChI is InChI=1S/C18H24N2O4/c1-2-24-16-7-5-15(6-8-16)20-10-9-19(17(21)18(20)22)12-14-4-3-11-23-13-14/h5-8,14H,2-4,9-13H2,1H3. The Morgan fingerprint density at radius 3 is 2.62 bits per heavy atom. The van der Waals surface area contributed by atoms with Gasteiger partial charge in [-0.3, -0.25) is 9.59 Å². The number of anilines is 1. The molecule has 0 saturated carbocycles. The number of carbonyl (C=O) groups is 2. The first-order chi connectivity index (χ1) is 11.7. The quantitative estimate of drug-likeness (QED) is 0.770. The number of piperazine rings is 1. The highest BCUT2D eigenvalue weighted by Crippen LogP contribution is 2.23. The maximum absolute atomic E-state index is 12.5. The minimum atomic E-state index is -0.456. The molecule has 1 aromatic rings. The third kappa shape index (κ3) is 3.70. The van der Waals surface area contributed by atoms with Crippen LogP contribution in [-0.4, -0.2) is 56.2 Å². The van der Waals surface area contributed by atoms with Crippen LogP contribution in [0.15, 0.2) is 24.3 Å². The van der Waals surface area contributed by atoms with Crippen LogP contribution in [0.5, 0.6) is 5.75 Å². The van der Waals surface area contributed by atoms with Crippen molar-refractivity contribution in [3.8, 4) is 5.75 Å². The second-order valence-electron chi connectivity index (χ2n) is 6.22. The Kier molecular flexibility index (Phi) is 5.35. The maximum atomic E-state index is 12.5. The van der Waals surface area contributed by atoms with Gasteiger partial charge in [-0.25, -0.2) is 0 Å². The summed E-state index contributed by atoms with van der Waals surface area (Å²) in [5, 5.41) is 0. The van der Waals surface area contributed by atoms with E-state index in [1.54, 1.807) is 9.80 Å². The third-order valence-corrected chi connectivity index (χ3v) is 4.50. The number of nitrogens with zero attached hydrogens (tertiary/aromatic N) is 2. The van der Waals surface area contributed by atoms with Crippen molar-refractivity contribution >= 4 is 17.5 Å². The van der Waals surface area contributed by atoms with Crippen molar-refractivity contribution in [1.29, 1.82) is 0 Å². The van der Waals surface area contributed by atoms with Crippen molar-refractivity contribution in [1.82, 2.24) is 4.90 Å². The first-order valence-corrected chi connectivity index (χ1v) is 8.60. The number of hydrogen-bond donors (Lipinski definition) is 0. The second-order valence-corrected chi connectivity index (χ2v) is 6.22. The van der Waals surface area contributed by atoms with Gasteiger partial charge in [-0.15, -0.1) is 0 Å². The van der Waals surface area contributed by atoms with Crippen LogP contribution in [0.25, 0.3) is 0 Å². The molecule has 1 aromatic carbocycles. The molecule has 0 aliphatic carbocycles. The van der Waals surface area contributed by atoms with Crippen LogP contribution in [-0.2, 0) is 14.3 Å². The van der Waals surface area contributed by atoms with E-state index in [-0.39, 0.29) is 0 Å². The van der Waals surface area contributed by atoms with E-state index in [0.29, 0.717) is 38.8 Å². The number of benzene rings is 1. The molecule has 2 heterocycles. The Morgan fingerprint density at radius 1 is 1.17 bits per heavy atom. The molecule has 2 fully saturated rings. The summed E-state index contributed by atoms with van der Waals surface area (Å²) in [4.78, 5) is 28.1. The van der Waals surface area contributed by atoms with Crippen molar-refractivity contribution in [2.45, 2.75) is 19.8 Å². The Bertz CT molecular complexity index is 581. The fourth-order valence-electron chi connectivity index (χ4n) is 3.25. The van der Waals surface area contributed by atoms with Crippen molar-refractivity contribution < 1.29 is 19.1 Å². The zero-order valence-electron chi connectivity index (χ0n) is 14.1. The lowest BCUT2D eigenvalue weighted by Gasteiger charge is -2.36. The van der Waals surface area contributed by atoms with Gasteiger partial charge in [0.25, 0.3) is 0 Å². The van der Waals surface area contributed by atoms with Crippen LogP contribution in [0.2, 0.25) is 0 Å². The highest BCUT2D eigenvalue weighted by Gasteiger charge is 2.34. The highest BCUT2D eigenvalue weighted by atomic mass is 16.5. The van der Waals surface area contributed by atoms with Crippen molar-refractivity contribution in [3.63, 3.8) is 0 Å². The molecule has 2 saturated heterocycles. The van der Waals surface area contributed by atoms with E-state index >= 15 is 0 Å². The molecule has 3 rings (SSSR count). The van der Waals surface area contributed by atoms with Gasteiger partial charge in [0.1, 0.15) is 5.75 Å². The molecule has 0 N–H and O–H groups in total. The van der Waals surface area contributed by atoms with Crippen LogP contribution in [0, 0.1) is 5.92 Å². The van der Waals surface area contributed by atoms with Crippen molar-refractivity contribution in [3.05, 3.63) is 24.3 Å². The largest absolute Gasteiger partial charge is 0.494 e. The molecule has 130 valence electrons. The molecule has 0 aromatic heterocycles. The first kappa shape index (κ1) is 16.8. The summed E-state index contributed by atoms with van der Waals surface area (Å²) in [7, 11) is 0. The van der Waals surface area contributed by atoms with E-state index in [9.17, 15) is 9.59 Å². The lowest BCUT2D eigenvalue weighted by molar-refractivity contribution is -0.147. The van der Waals surface area contributed by atoms with Crippen LogP contribution < -0.4 is 9.64 Å². The van der Waals surface area contributed by atoms with E-state index in [0.717, 1.165) is 30.9 Å². The second kappa shape index (κ2) is 7.66. The molecule has 2 amide bonds. The van der Waals surface area contributed by atoms with Crippen molar-refractivity contribution in [2.75, 3.05) is 44.4 Å². The summed E-state index contributed by atoms with van der Waals surface area (Å²) in [6.45, 7) is 5.70. The monoisotopic (exact) mass is 332 g/mol. The van der Waals surface area contributed by atoms with Gasteiger partial charge in [-0.05, 0) is 49.9 Å². The fourth-order valence-corrected chi connectivity index (χ4v) is 3.25. The Hall–Kier alpha value is -2.08. The minimum absolute atomic E-state index is 0.340. The van der Waals surface area contributed by atoms with E-state index < -0.39 is 11.8 Å². The minimum Gasteiger partial charge on any atom is -0.494 e. The summed E-state index contributed by atoms with van der Waals surface area (Å²) in [6, 6.07) is 7.28. The van der Waals surface area contributed by atoms with Gasteiger partial charge >= 0.3 is 11.8 Å². The number of rotatable bonds is 5. The normalized spacial score (nSPS) is 22.0. The molecular formula is C18H24N2O4. The van der Waals surface area contributed by atoms with Gasteiger partial charge in [0.05, 0.1) is 13.2 Å². The average molecular weight is 332 g/mol. The predicted molar refractivity (Wildman–Crippen MR) is 90.1 cm³/mol. The van der Waals surface area contributed by atoms with E-state index in [1.807, 2.05) is 31.2 Å². The predicted octanol–water partition coefficient (Wildman–Crippen LogP) is 1.69. The highest BCUT2D eigenvalue weighted by molar-refractivity contribution is 6.41. The molecular weight excluding hydrogens is 308 g/mol. The zero-order chi connectivity index (χ0) is 16.9. The number of carbonyl (C=O) groups excluding carboxylic acids is 2. The van der Waals surface area contributed by atoms with Gasteiger partial charge in [0, 0.05) is 31.9 Å². The van der Waals surface area contributed by atoms with Gasteiger partial charge in [-0.1, -0.05) is 0 Å². The summed E-state index contributed by atoms with van der Waals surface area (Å²) < 4.78 is 10.9. The molecule has 1 unspecified atom stereocenters. The zero-order valence-corrected chi connectivity index (χ0v) is 14.1. The van der Waals surface area contributed by atoms with Gasteiger partial charge in [0.15, 0.2) is 0 Å². The molecule has 0 spiro atoms. The van der Waals surface area contributed by atoms with Gasteiger partial charge in [-0.2, -0.15) is 0 Å². The number of amides is 2. The van der Waals surface area contributed by atoms with Crippen molar-refractivity contribution in [2.24, 2.45) is 5.92 Å². The summed E-state index contributed by atoms with van der Waals surface area (Å²) in [5.74, 6) is 0.228. The van der Waals surface area contributed by atoms with Crippen LogP contribution in [0.3, 0.4) is 0 Å².